The van der Waals surface area contributed by atoms with Gasteiger partial charge >= 0.3 is 0 Å². The van der Waals surface area contributed by atoms with E-state index in [0.717, 1.165) is 11.5 Å². The third-order valence-corrected chi connectivity index (χ3v) is 2.67. The molecule has 3 rings (SSSR count). The highest BCUT2D eigenvalue weighted by atomic mass is 16.3. The van der Waals surface area contributed by atoms with Crippen molar-refractivity contribution in [3.05, 3.63) is 24.5 Å². The molecule has 0 unspecified atom stereocenters. The second kappa shape index (κ2) is 2.70. The first kappa shape index (κ1) is 8.67. The summed E-state index contributed by atoms with van der Waals surface area (Å²) in [5.41, 5.74) is 0.266. The molecule has 15 heavy (non-hydrogen) atoms. The Balaban J connectivity index is 2.02. The average molecular weight is 204 g/mol. The van der Waals surface area contributed by atoms with E-state index in [9.17, 15) is 5.11 Å². The van der Waals surface area contributed by atoms with Crippen LogP contribution in [-0.2, 0) is 0 Å². The van der Waals surface area contributed by atoms with Crippen LogP contribution in [-0.4, -0.2) is 38.4 Å². The predicted molar refractivity (Wildman–Crippen MR) is 55.8 cm³/mol. The van der Waals surface area contributed by atoms with Crippen molar-refractivity contribution in [3.63, 3.8) is 0 Å². The minimum absolute atomic E-state index is 0.567. The van der Waals surface area contributed by atoms with Crippen LogP contribution in [0, 0.1) is 0 Å². The van der Waals surface area contributed by atoms with Gasteiger partial charge in [-0.2, -0.15) is 9.61 Å². The molecule has 2 aromatic rings. The second-order valence-electron chi connectivity index (χ2n) is 4.27. The van der Waals surface area contributed by atoms with Crippen LogP contribution in [0.25, 0.3) is 5.65 Å². The van der Waals surface area contributed by atoms with E-state index in [1.165, 1.54) is 6.33 Å². The molecule has 78 valence electrons. The van der Waals surface area contributed by atoms with E-state index in [0.29, 0.717) is 13.1 Å². The number of anilines is 1. The molecule has 0 atom stereocenters. The van der Waals surface area contributed by atoms with Crippen molar-refractivity contribution in [2.24, 2.45) is 0 Å². The zero-order valence-corrected chi connectivity index (χ0v) is 8.46. The highest BCUT2D eigenvalue weighted by Crippen LogP contribution is 2.26. The van der Waals surface area contributed by atoms with Gasteiger partial charge in [-0.3, -0.25) is 0 Å². The Morgan fingerprint density at radius 2 is 2.20 bits per heavy atom. The van der Waals surface area contributed by atoms with Gasteiger partial charge in [0.25, 0.3) is 0 Å². The standard InChI is InChI=1S/C10H12N4O/c1-10(15)5-13(6-10)9-4-2-3-8-11-7-12-14(8)9/h2-4,7,15H,5-6H2,1H3. The third kappa shape index (κ3) is 1.27. The normalized spacial score (nSPS) is 19.2. The van der Waals surface area contributed by atoms with E-state index < -0.39 is 5.60 Å². The lowest BCUT2D eigenvalue weighted by molar-refractivity contribution is 0.0303. The summed E-state index contributed by atoms with van der Waals surface area (Å²) in [7, 11) is 0. The van der Waals surface area contributed by atoms with E-state index in [1.807, 2.05) is 25.1 Å². The average Bonchev–Trinajstić information content (AvgIpc) is 2.60. The summed E-state index contributed by atoms with van der Waals surface area (Å²) in [6, 6.07) is 5.84. The molecule has 0 amide bonds. The largest absolute Gasteiger partial charge is 0.386 e. The fraction of sp³-hybridized carbons (Fsp3) is 0.400. The van der Waals surface area contributed by atoms with Gasteiger partial charge in [-0.25, -0.2) is 4.98 Å². The van der Waals surface area contributed by atoms with Gasteiger partial charge in [-0.15, -0.1) is 0 Å². The van der Waals surface area contributed by atoms with E-state index >= 15 is 0 Å². The predicted octanol–water partition coefficient (Wildman–Crippen LogP) is 0.300. The van der Waals surface area contributed by atoms with Crippen molar-refractivity contribution in [2.75, 3.05) is 18.0 Å². The number of pyridine rings is 1. The summed E-state index contributed by atoms with van der Waals surface area (Å²) in [6.07, 6.45) is 1.54. The van der Waals surface area contributed by atoms with Gasteiger partial charge in [0.2, 0.25) is 0 Å². The first-order chi connectivity index (χ1) is 7.16. The zero-order chi connectivity index (χ0) is 10.5. The molecule has 2 aromatic heterocycles. The summed E-state index contributed by atoms with van der Waals surface area (Å²) in [4.78, 5) is 6.20. The van der Waals surface area contributed by atoms with E-state index in [1.54, 1.807) is 4.52 Å². The van der Waals surface area contributed by atoms with Crippen LogP contribution in [0.2, 0.25) is 0 Å². The van der Waals surface area contributed by atoms with E-state index in [2.05, 4.69) is 15.0 Å². The first-order valence-corrected chi connectivity index (χ1v) is 4.92. The molecule has 0 saturated carbocycles. The van der Waals surface area contributed by atoms with Crippen LogP contribution < -0.4 is 4.90 Å². The van der Waals surface area contributed by atoms with Crippen molar-refractivity contribution in [3.8, 4) is 0 Å². The third-order valence-electron chi connectivity index (χ3n) is 2.67. The molecule has 5 heteroatoms. The maximum Gasteiger partial charge on any atom is 0.157 e. The highest BCUT2D eigenvalue weighted by molar-refractivity contribution is 5.52. The van der Waals surface area contributed by atoms with Gasteiger partial charge in [-0.05, 0) is 19.1 Å². The van der Waals surface area contributed by atoms with Gasteiger partial charge in [0, 0.05) is 13.1 Å². The molecule has 0 bridgehead atoms. The molecule has 5 nitrogen and oxygen atoms in total. The SMILES string of the molecule is CC1(O)CN(c2cccc3ncnn23)C1. The first-order valence-electron chi connectivity index (χ1n) is 4.92. The molecule has 0 spiro atoms. The Morgan fingerprint density at radius 3 is 2.93 bits per heavy atom. The number of hydrogen-bond donors (Lipinski definition) is 1. The summed E-state index contributed by atoms with van der Waals surface area (Å²) >= 11 is 0. The molecule has 0 radical (unpaired) electrons. The van der Waals surface area contributed by atoms with Crippen LogP contribution in [0.4, 0.5) is 5.82 Å². The number of nitrogens with zero attached hydrogens (tertiary/aromatic N) is 4. The highest BCUT2D eigenvalue weighted by Gasteiger charge is 2.37. The molecule has 1 aliphatic heterocycles. The van der Waals surface area contributed by atoms with E-state index in [4.69, 9.17) is 0 Å². The Morgan fingerprint density at radius 1 is 1.40 bits per heavy atom. The fourth-order valence-electron chi connectivity index (χ4n) is 2.01. The number of hydrogen-bond acceptors (Lipinski definition) is 4. The monoisotopic (exact) mass is 204 g/mol. The molecule has 1 fully saturated rings. The maximum atomic E-state index is 9.68. The summed E-state index contributed by atoms with van der Waals surface area (Å²) in [5.74, 6) is 0.983. The lowest BCUT2D eigenvalue weighted by Crippen LogP contribution is -2.60. The van der Waals surface area contributed by atoms with Gasteiger partial charge in [0.05, 0.1) is 5.60 Å². The topological polar surface area (TPSA) is 53.7 Å². The molecule has 1 aliphatic rings. The Kier molecular flexibility index (Phi) is 1.56. The number of fused-ring (bicyclic) bond motifs is 1. The van der Waals surface area contributed by atoms with Crippen molar-refractivity contribution in [1.82, 2.24) is 14.6 Å². The minimum atomic E-state index is -0.567. The lowest BCUT2D eigenvalue weighted by atomic mass is 9.97. The summed E-state index contributed by atoms with van der Waals surface area (Å²) in [6.45, 7) is 3.13. The van der Waals surface area contributed by atoms with Gasteiger partial charge in [0.1, 0.15) is 12.1 Å². The van der Waals surface area contributed by atoms with Crippen molar-refractivity contribution < 1.29 is 5.11 Å². The summed E-state index contributed by atoms with van der Waals surface area (Å²) in [5, 5.41) is 13.8. The van der Waals surface area contributed by atoms with Crippen LogP contribution in [0.5, 0.6) is 0 Å². The Labute approximate surface area is 87.0 Å². The van der Waals surface area contributed by atoms with Crippen LogP contribution in [0.15, 0.2) is 24.5 Å². The quantitative estimate of drug-likeness (QED) is 0.726. The van der Waals surface area contributed by atoms with Gasteiger partial charge < -0.3 is 10.0 Å². The zero-order valence-electron chi connectivity index (χ0n) is 8.46. The van der Waals surface area contributed by atoms with Crippen molar-refractivity contribution in [2.45, 2.75) is 12.5 Å². The Bertz CT molecular complexity index is 497. The van der Waals surface area contributed by atoms with Crippen molar-refractivity contribution in [1.29, 1.82) is 0 Å². The van der Waals surface area contributed by atoms with Gasteiger partial charge in [-0.1, -0.05) is 6.07 Å². The fourth-order valence-corrected chi connectivity index (χ4v) is 2.01. The Hall–Kier alpha value is -1.62. The van der Waals surface area contributed by atoms with Crippen LogP contribution in [0.1, 0.15) is 6.92 Å². The number of aromatic nitrogens is 3. The summed E-state index contributed by atoms with van der Waals surface area (Å²) < 4.78 is 1.79. The molecule has 3 heterocycles. The smallest absolute Gasteiger partial charge is 0.157 e. The minimum Gasteiger partial charge on any atom is -0.386 e. The molecular formula is C10H12N4O. The van der Waals surface area contributed by atoms with Gasteiger partial charge in [0.15, 0.2) is 5.65 Å². The lowest BCUT2D eigenvalue weighted by Gasteiger charge is -2.45. The number of aliphatic hydroxyl groups is 1. The van der Waals surface area contributed by atoms with Crippen LogP contribution >= 0.6 is 0 Å². The number of β-amino-alcohol motifs (C(OH)–C–C–N with tert-alkyl or cyclic N) is 1. The number of rotatable bonds is 1. The molecule has 0 aromatic carbocycles. The maximum absolute atomic E-state index is 9.68. The second-order valence-corrected chi connectivity index (χ2v) is 4.27. The molecule has 0 aliphatic carbocycles. The molecule has 1 N–H and O–H groups in total. The van der Waals surface area contributed by atoms with Crippen molar-refractivity contribution >= 4 is 11.5 Å². The van der Waals surface area contributed by atoms with Crippen LogP contribution in [0.3, 0.4) is 0 Å². The molecular weight excluding hydrogens is 192 g/mol. The molecule has 1 saturated heterocycles. The van der Waals surface area contributed by atoms with E-state index in [-0.39, 0.29) is 0 Å².